The number of likely N-dealkylation sites (tertiary alicyclic amines) is 1. The molecule has 7 nitrogen and oxygen atoms in total. The molecule has 5 rings (SSSR count). The van der Waals surface area contributed by atoms with Crippen LogP contribution in [0, 0.1) is 0 Å². The van der Waals surface area contributed by atoms with Crippen LogP contribution in [0.4, 0.5) is 0 Å². The molecule has 1 atom stereocenters. The largest absolute Gasteiger partial charge is 0.497 e. The second kappa shape index (κ2) is 11.5. The van der Waals surface area contributed by atoms with Gasteiger partial charge in [0, 0.05) is 30.9 Å². The van der Waals surface area contributed by atoms with E-state index >= 15 is 0 Å². The Labute approximate surface area is 211 Å². The zero-order chi connectivity index (χ0) is 24.0. The smallest absolute Gasteiger partial charge is 0.195 e. The molecule has 35 heavy (non-hydrogen) atoms. The Morgan fingerprint density at radius 1 is 0.971 bits per heavy atom. The second-order valence-electron chi connectivity index (χ2n) is 9.23. The van der Waals surface area contributed by atoms with E-state index in [0.29, 0.717) is 12.0 Å². The van der Waals surface area contributed by atoms with E-state index in [1.165, 1.54) is 5.56 Å². The van der Waals surface area contributed by atoms with Crippen LogP contribution in [0.25, 0.3) is 5.69 Å². The summed E-state index contributed by atoms with van der Waals surface area (Å²) in [6.45, 7) is 3.87. The zero-order valence-corrected chi connectivity index (χ0v) is 21.4. The number of thioether (sulfide) groups is 1. The Balaban J connectivity index is 1.32. The van der Waals surface area contributed by atoms with E-state index < -0.39 is 0 Å². The van der Waals surface area contributed by atoms with Gasteiger partial charge >= 0.3 is 0 Å². The van der Waals surface area contributed by atoms with E-state index in [-0.39, 0.29) is 0 Å². The lowest BCUT2D eigenvalue weighted by molar-refractivity contribution is 0.129. The summed E-state index contributed by atoms with van der Waals surface area (Å²) in [7, 11) is 3.42. The van der Waals surface area contributed by atoms with E-state index in [1.807, 2.05) is 18.2 Å². The van der Waals surface area contributed by atoms with Crippen molar-refractivity contribution in [2.24, 2.45) is 0 Å². The first-order chi connectivity index (χ1) is 17.2. The summed E-state index contributed by atoms with van der Waals surface area (Å²) in [6, 6.07) is 16.6. The number of hydrogen-bond donors (Lipinski definition) is 0. The molecule has 186 valence electrons. The molecule has 2 fully saturated rings. The summed E-state index contributed by atoms with van der Waals surface area (Å²) in [5.41, 5.74) is 2.34. The molecule has 0 saturated carbocycles. The molecule has 0 unspecified atom stereocenters. The maximum Gasteiger partial charge on any atom is 0.195 e. The Morgan fingerprint density at radius 3 is 2.49 bits per heavy atom. The Hall–Kier alpha value is -2.55. The highest BCUT2D eigenvalue weighted by molar-refractivity contribution is 7.99. The lowest BCUT2D eigenvalue weighted by Crippen LogP contribution is -2.33. The number of hydrogen-bond acceptors (Lipinski definition) is 7. The van der Waals surface area contributed by atoms with Gasteiger partial charge in [-0.05, 0) is 68.6 Å². The van der Waals surface area contributed by atoms with Gasteiger partial charge in [-0.25, -0.2) is 0 Å². The van der Waals surface area contributed by atoms with Gasteiger partial charge in [-0.1, -0.05) is 30.0 Å². The molecule has 2 aliphatic rings. The topological polar surface area (TPSA) is 61.6 Å². The molecule has 0 N–H and O–H groups in total. The number of ether oxygens (including phenoxy) is 3. The number of methoxy groups -OCH3 is 2. The molecule has 3 heterocycles. The van der Waals surface area contributed by atoms with Crippen LogP contribution < -0.4 is 9.47 Å². The lowest BCUT2D eigenvalue weighted by atomic mass is 9.95. The minimum atomic E-state index is 0.304. The first-order valence-corrected chi connectivity index (χ1v) is 13.4. The minimum Gasteiger partial charge on any atom is -0.497 e. The van der Waals surface area contributed by atoms with Crippen LogP contribution in [0.5, 0.6) is 11.5 Å². The van der Waals surface area contributed by atoms with Gasteiger partial charge in [0.15, 0.2) is 5.16 Å². The van der Waals surface area contributed by atoms with E-state index in [2.05, 4.69) is 44.9 Å². The van der Waals surface area contributed by atoms with Gasteiger partial charge in [-0.15, -0.1) is 10.2 Å². The van der Waals surface area contributed by atoms with E-state index in [4.69, 9.17) is 19.3 Å². The molecule has 1 aromatic heterocycles. The molecule has 0 radical (unpaired) electrons. The number of piperidine rings is 1. The highest BCUT2D eigenvalue weighted by Crippen LogP contribution is 2.34. The average Bonchev–Trinajstić information content (AvgIpc) is 3.58. The molecule has 0 aliphatic carbocycles. The Morgan fingerprint density at radius 2 is 1.74 bits per heavy atom. The molecule has 0 amide bonds. The van der Waals surface area contributed by atoms with Crippen molar-refractivity contribution in [3.8, 4) is 17.2 Å². The normalized spacial score (nSPS) is 19.2. The van der Waals surface area contributed by atoms with Gasteiger partial charge in [0.1, 0.15) is 17.3 Å². The zero-order valence-electron chi connectivity index (χ0n) is 20.6. The van der Waals surface area contributed by atoms with Crippen LogP contribution in [0.1, 0.15) is 43.0 Å². The summed E-state index contributed by atoms with van der Waals surface area (Å²) >= 11 is 1.74. The van der Waals surface area contributed by atoms with Gasteiger partial charge < -0.3 is 14.2 Å². The van der Waals surface area contributed by atoms with Crippen molar-refractivity contribution in [2.75, 3.05) is 39.7 Å². The van der Waals surface area contributed by atoms with Crippen LogP contribution in [0.3, 0.4) is 0 Å². The maximum atomic E-state index is 5.84. The van der Waals surface area contributed by atoms with Crippen molar-refractivity contribution < 1.29 is 14.2 Å². The summed E-state index contributed by atoms with van der Waals surface area (Å²) < 4.78 is 19.0. The Kier molecular flexibility index (Phi) is 7.91. The van der Waals surface area contributed by atoms with Crippen molar-refractivity contribution in [2.45, 2.75) is 49.4 Å². The number of benzene rings is 2. The quantitative estimate of drug-likeness (QED) is 0.391. The fraction of sp³-hybridized carbons (Fsp3) is 0.481. The number of rotatable bonds is 9. The summed E-state index contributed by atoms with van der Waals surface area (Å²) in [5, 5.41) is 10.3. The third kappa shape index (κ3) is 5.82. The minimum absolute atomic E-state index is 0.304. The predicted molar refractivity (Wildman–Crippen MR) is 138 cm³/mol. The maximum absolute atomic E-state index is 5.84. The van der Waals surface area contributed by atoms with Crippen LogP contribution in [0.15, 0.2) is 53.7 Å². The van der Waals surface area contributed by atoms with E-state index in [1.54, 1.807) is 26.0 Å². The fourth-order valence-electron chi connectivity index (χ4n) is 4.95. The molecule has 2 aromatic carbocycles. The third-order valence-electron chi connectivity index (χ3n) is 6.89. The van der Waals surface area contributed by atoms with Crippen LogP contribution >= 0.6 is 11.8 Å². The van der Waals surface area contributed by atoms with E-state index in [0.717, 1.165) is 85.8 Å². The molecule has 2 aliphatic heterocycles. The highest BCUT2D eigenvalue weighted by Gasteiger charge is 2.28. The Bertz CT molecular complexity index is 1110. The van der Waals surface area contributed by atoms with Gasteiger partial charge in [-0.2, -0.15) is 0 Å². The van der Waals surface area contributed by atoms with Crippen molar-refractivity contribution in [3.63, 3.8) is 0 Å². The summed E-state index contributed by atoms with van der Waals surface area (Å²) in [4.78, 5) is 2.52. The molecule has 0 spiro atoms. The van der Waals surface area contributed by atoms with Gasteiger partial charge in [-0.3, -0.25) is 9.47 Å². The van der Waals surface area contributed by atoms with E-state index in [9.17, 15) is 0 Å². The predicted octanol–water partition coefficient (Wildman–Crippen LogP) is 4.94. The first-order valence-electron chi connectivity index (χ1n) is 12.4. The van der Waals surface area contributed by atoms with Crippen LogP contribution in [-0.2, 0) is 11.3 Å². The van der Waals surface area contributed by atoms with Crippen molar-refractivity contribution in [1.29, 1.82) is 0 Å². The fourth-order valence-corrected chi connectivity index (χ4v) is 5.98. The lowest BCUT2D eigenvalue weighted by Gasteiger charge is -2.31. The van der Waals surface area contributed by atoms with Crippen molar-refractivity contribution >= 4 is 11.8 Å². The number of aromatic nitrogens is 3. The SMILES string of the molecule is COc1cccc(CN2CCC(c3nnc(SC[C@H]4CCCO4)n3-c3cccc(OC)c3)CC2)c1. The van der Waals surface area contributed by atoms with Gasteiger partial charge in [0.05, 0.1) is 26.0 Å². The molecular weight excluding hydrogens is 460 g/mol. The molecule has 2 saturated heterocycles. The van der Waals surface area contributed by atoms with Crippen molar-refractivity contribution in [3.05, 3.63) is 59.9 Å². The van der Waals surface area contributed by atoms with Crippen LogP contribution in [-0.4, -0.2) is 65.4 Å². The standard InChI is InChI=1S/C27H34N4O3S/c1-32-23-8-3-6-20(16-23)18-30-13-11-21(12-14-30)26-28-29-27(35-19-25-10-5-15-34-25)31(26)22-7-4-9-24(17-22)33-2/h3-4,6-9,16-17,21,25H,5,10-15,18-19H2,1-2H3/t25-/m1/s1. The molecular formula is C27H34N4O3S. The highest BCUT2D eigenvalue weighted by atomic mass is 32.2. The first kappa shape index (κ1) is 24.2. The molecule has 0 bridgehead atoms. The number of nitrogens with zero attached hydrogens (tertiary/aromatic N) is 4. The monoisotopic (exact) mass is 494 g/mol. The second-order valence-corrected chi connectivity index (χ2v) is 10.2. The molecule has 3 aromatic rings. The van der Waals surface area contributed by atoms with Crippen molar-refractivity contribution in [1.82, 2.24) is 19.7 Å². The molecule has 8 heteroatoms. The van der Waals surface area contributed by atoms with Gasteiger partial charge in [0.2, 0.25) is 0 Å². The van der Waals surface area contributed by atoms with Gasteiger partial charge in [0.25, 0.3) is 0 Å². The summed E-state index contributed by atoms with van der Waals surface area (Å²) in [5.74, 6) is 4.07. The average molecular weight is 495 g/mol. The van der Waals surface area contributed by atoms with Crippen LogP contribution in [0.2, 0.25) is 0 Å². The summed E-state index contributed by atoms with van der Waals surface area (Å²) in [6.07, 6.45) is 4.69. The third-order valence-corrected chi connectivity index (χ3v) is 7.95.